The number of amides is 1. The van der Waals surface area contributed by atoms with Crippen molar-refractivity contribution in [2.45, 2.75) is 44.3 Å². The molecule has 6 nitrogen and oxygen atoms in total. The van der Waals surface area contributed by atoms with Crippen LogP contribution in [0.4, 0.5) is 0 Å². The molecule has 0 aromatic heterocycles. The molecule has 26 heavy (non-hydrogen) atoms. The van der Waals surface area contributed by atoms with Crippen LogP contribution in [0.25, 0.3) is 0 Å². The molecule has 0 saturated carbocycles. The molecule has 2 saturated heterocycles. The summed E-state index contributed by atoms with van der Waals surface area (Å²) < 4.78 is 17.9. The first-order chi connectivity index (χ1) is 12.6. The van der Waals surface area contributed by atoms with Gasteiger partial charge in [-0.25, -0.2) is 5.06 Å². The summed E-state index contributed by atoms with van der Waals surface area (Å²) in [4.78, 5) is 11.3. The lowest BCUT2D eigenvalue weighted by molar-refractivity contribution is -0.159. The zero-order valence-corrected chi connectivity index (χ0v) is 15.4. The smallest absolute Gasteiger partial charge is 0.245 e. The molecule has 1 amide bonds. The van der Waals surface area contributed by atoms with E-state index in [9.17, 15) is 4.79 Å². The first-order valence-corrected chi connectivity index (χ1v) is 9.51. The summed E-state index contributed by atoms with van der Waals surface area (Å²) in [5, 5.41) is 9.66. The van der Waals surface area contributed by atoms with Crippen molar-refractivity contribution in [2.75, 3.05) is 26.9 Å². The maximum absolute atomic E-state index is 11.3. The number of nitrogens with zero attached hydrogens (tertiary/aromatic N) is 1. The largest absolute Gasteiger partial charge is 0.493 e. The molecule has 1 N–H and O–H groups in total. The lowest BCUT2D eigenvalue weighted by Crippen LogP contribution is -2.34. The number of rotatable bonds is 10. The Labute approximate surface area is 155 Å². The van der Waals surface area contributed by atoms with Crippen LogP contribution in [0.2, 0.25) is 0 Å². The third-order valence-electron chi connectivity index (χ3n) is 5.38. The van der Waals surface area contributed by atoms with Gasteiger partial charge in [0.1, 0.15) is 5.75 Å². The van der Waals surface area contributed by atoms with E-state index < -0.39 is 0 Å². The van der Waals surface area contributed by atoms with Crippen LogP contribution in [0.1, 0.15) is 32.1 Å². The van der Waals surface area contributed by atoms with Crippen molar-refractivity contribution in [3.8, 4) is 5.75 Å². The Morgan fingerprint density at radius 2 is 1.85 bits per heavy atom. The van der Waals surface area contributed by atoms with Gasteiger partial charge in [-0.1, -0.05) is 18.2 Å². The minimum absolute atomic E-state index is 0.260. The maximum Gasteiger partial charge on any atom is 0.245 e. The molecule has 3 rings (SSSR count). The van der Waals surface area contributed by atoms with Crippen LogP contribution < -0.4 is 4.74 Å². The molecule has 0 radical (unpaired) electrons. The van der Waals surface area contributed by atoms with Gasteiger partial charge < -0.3 is 14.2 Å². The monoisotopic (exact) mass is 363 g/mol. The number of carbonyl (C=O) groups is 1. The van der Waals surface area contributed by atoms with Crippen LogP contribution >= 0.6 is 0 Å². The highest BCUT2D eigenvalue weighted by Gasteiger charge is 2.49. The van der Waals surface area contributed by atoms with Gasteiger partial charge in [-0.2, -0.15) is 0 Å². The van der Waals surface area contributed by atoms with Crippen molar-refractivity contribution >= 4 is 5.91 Å². The predicted octanol–water partition coefficient (Wildman–Crippen LogP) is 2.89. The van der Waals surface area contributed by atoms with E-state index in [-0.39, 0.29) is 18.1 Å². The highest BCUT2D eigenvalue weighted by molar-refractivity contribution is 5.74. The highest BCUT2D eigenvalue weighted by atomic mass is 16.5. The molecule has 0 aliphatic carbocycles. The zero-order valence-electron chi connectivity index (χ0n) is 15.4. The summed E-state index contributed by atoms with van der Waals surface area (Å²) in [6, 6.07) is 9.89. The molecule has 4 atom stereocenters. The minimum Gasteiger partial charge on any atom is -0.493 e. The van der Waals surface area contributed by atoms with E-state index in [0.717, 1.165) is 31.4 Å². The summed E-state index contributed by atoms with van der Waals surface area (Å²) in [5.41, 5.74) is 0. The highest BCUT2D eigenvalue weighted by Crippen LogP contribution is 2.43. The first-order valence-electron chi connectivity index (χ1n) is 9.51. The van der Waals surface area contributed by atoms with E-state index in [1.807, 2.05) is 30.3 Å². The lowest BCUT2D eigenvalue weighted by atomic mass is 9.80. The van der Waals surface area contributed by atoms with Crippen molar-refractivity contribution < 1.29 is 24.2 Å². The Balaban J connectivity index is 1.38. The molecule has 1 aromatic rings. The number of unbranched alkanes of at least 4 members (excludes halogenated alkanes) is 1. The van der Waals surface area contributed by atoms with Crippen LogP contribution in [-0.4, -0.2) is 55.3 Å². The molecule has 0 unspecified atom stereocenters. The zero-order chi connectivity index (χ0) is 18.4. The van der Waals surface area contributed by atoms with Gasteiger partial charge in [0.15, 0.2) is 0 Å². The molecule has 2 aliphatic rings. The van der Waals surface area contributed by atoms with E-state index in [1.165, 1.54) is 7.05 Å². The fourth-order valence-electron chi connectivity index (χ4n) is 3.90. The number of benzene rings is 1. The Morgan fingerprint density at radius 1 is 1.15 bits per heavy atom. The molecule has 2 heterocycles. The van der Waals surface area contributed by atoms with E-state index in [1.54, 1.807) is 0 Å². The number of para-hydroxylation sites is 1. The van der Waals surface area contributed by atoms with Crippen molar-refractivity contribution in [1.29, 1.82) is 0 Å². The number of hydrogen-bond acceptors (Lipinski definition) is 5. The quantitative estimate of drug-likeness (QED) is 0.393. The standard InChI is InChI=1S/C20H29NO5/c1-21(23)20(22)9-5-6-12-24-13-16-17(19-11-10-18(16)26-19)14-25-15-7-3-2-4-8-15/h2-4,7-8,16-19,23H,5-6,9-14H2,1H3/t16-,17+,18-,19+/m0/s1. The predicted molar refractivity (Wildman–Crippen MR) is 96.0 cm³/mol. The van der Waals surface area contributed by atoms with Crippen molar-refractivity contribution in [3.63, 3.8) is 0 Å². The first kappa shape index (κ1) is 19.1. The Morgan fingerprint density at radius 3 is 2.54 bits per heavy atom. The number of hydroxylamine groups is 2. The molecule has 2 aliphatic heterocycles. The number of carbonyl (C=O) groups excluding carboxylic acids is 1. The van der Waals surface area contributed by atoms with Gasteiger partial charge in [0.05, 0.1) is 25.4 Å². The molecule has 2 bridgehead atoms. The summed E-state index contributed by atoms with van der Waals surface area (Å²) in [7, 11) is 1.35. The molecule has 1 aromatic carbocycles. The van der Waals surface area contributed by atoms with Crippen molar-refractivity contribution in [2.24, 2.45) is 11.8 Å². The van der Waals surface area contributed by atoms with E-state index >= 15 is 0 Å². The Bertz CT molecular complexity index is 565. The molecule has 144 valence electrons. The third kappa shape index (κ3) is 4.96. The van der Waals surface area contributed by atoms with Gasteiger partial charge >= 0.3 is 0 Å². The number of hydrogen-bond donors (Lipinski definition) is 1. The van der Waals surface area contributed by atoms with Crippen LogP contribution in [0.3, 0.4) is 0 Å². The second kappa shape index (κ2) is 9.35. The molecule has 0 spiro atoms. The Hall–Kier alpha value is -1.63. The molecular weight excluding hydrogens is 334 g/mol. The van der Waals surface area contributed by atoms with Gasteiger partial charge in [0, 0.05) is 31.9 Å². The lowest BCUT2D eigenvalue weighted by Gasteiger charge is -2.27. The summed E-state index contributed by atoms with van der Waals surface area (Å²) in [5.74, 6) is 1.39. The Kier molecular flexibility index (Phi) is 6.88. The maximum atomic E-state index is 11.3. The number of ether oxygens (including phenoxy) is 3. The second-order valence-electron chi connectivity index (χ2n) is 7.19. The van der Waals surface area contributed by atoms with Gasteiger partial charge in [0.25, 0.3) is 0 Å². The van der Waals surface area contributed by atoms with E-state index in [4.69, 9.17) is 19.4 Å². The summed E-state index contributed by atoms with van der Waals surface area (Å²) in [6.07, 6.45) is 4.67. The fraction of sp³-hybridized carbons (Fsp3) is 0.650. The fourth-order valence-corrected chi connectivity index (χ4v) is 3.90. The van der Waals surface area contributed by atoms with Crippen molar-refractivity contribution in [1.82, 2.24) is 5.06 Å². The summed E-state index contributed by atoms with van der Waals surface area (Å²) >= 11 is 0. The molecule has 2 fully saturated rings. The SMILES string of the molecule is CN(O)C(=O)CCCCOC[C@H]1[C@@H](COc2ccccc2)[C@H]2CC[C@@H]1O2. The van der Waals surface area contributed by atoms with Crippen LogP contribution in [0.5, 0.6) is 5.75 Å². The average molecular weight is 363 g/mol. The van der Waals surface area contributed by atoms with Crippen LogP contribution in [0.15, 0.2) is 30.3 Å². The van der Waals surface area contributed by atoms with Crippen LogP contribution in [-0.2, 0) is 14.3 Å². The number of fused-ring (bicyclic) bond motifs is 2. The van der Waals surface area contributed by atoms with Crippen molar-refractivity contribution in [3.05, 3.63) is 30.3 Å². The average Bonchev–Trinajstić information content (AvgIpc) is 3.25. The van der Waals surface area contributed by atoms with Gasteiger partial charge in [-0.15, -0.1) is 0 Å². The van der Waals surface area contributed by atoms with Crippen LogP contribution in [0, 0.1) is 11.8 Å². The topological polar surface area (TPSA) is 68.2 Å². The van der Waals surface area contributed by atoms with E-state index in [2.05, 4.69) is 0 Å². The minimum atomic E-state index is -0.260. The van der Waals surface area contributed by atoms with Gasteiger partial charge in [-0.05, 0) is 37.8 Å². The summed E-state index contributed by atoms with van der Waals surface area (Å²) in [6.45, 7) is 1.97. The third-order valence-corrected chi connectivity index (χ3v) is 5.38. The second-order valence-corrected chi connectivity index (χ2v) is 7.19. The van der Waals surface area contributed by atoms with E-state index in [0.29, 0.717) is 43.1 Å². The molecule has 6 heteroatoms. The molecular formula is C20H29NO5. The van der Waals surface area contributed by atoms with Gasteiger partial charge in [0.2, 0.25) is 5.91 Å². The van der Waals surface area contributed by atoms with Gasteiger partial charge in [-0.3, -0.25) is 10.0 Å². The normalized spacial score (nSPS) is 26.8.